The van der Waals surface area contributed by atoms with Gasteiger partial charge in [-0.2, -0.15) is 0 Å². The Kier molecular flexibility index (Phi) is 8.42. The van der Waals surface area contributed by atoms with Crippen LogP contribution in [0.15, 0.2) is 36.4 Å². The number of carbonyl (C=O) groups excluding carboxylic acids is 3. The number of anilines is 1. The summed E-state index contributed by atoms with van der Waals surface area (Å²) in [5, 5.41) is 6.83. The van der Waals surface area contributed by atoms with Gasteiger partial charge in [0.1, 0.15) is 11.6 Å². The fourth-order valence-corrected chi connectivity index (χ4v) is 8.59. The normalized spacial score (nSPS) is 37.6. The molecule has 8 nitrogen and oxygen atoms in total. The molecular formula is C33H45ClN4O4. The van der Waals surface area contributed by atoms with E-state index < -0.39 is 29.6 Å². The molecule has 9 heteroatoms. The number of nitrogens with one attached hydrogen (secondary N) is 2. The molecule has 1 aliphatic carbocycles. The van der Waals surface area contributed by atoms with Crippen LogP contribution in [0.4, 0.5) is 5.69 Å². The molecule has 5 aliphatic rings. The minimum Gasteiger partial charge on any atom is -0.359 e. The van der Waals surface area contributed by atoms with Crippen molar-refractivity contribution in [2.75, 3.05) is 25.0 Å². The number of fused-ring (bicyclic) bond motifs is 1. The molecule has 4 aliphatic heterocycles. The highest BCUT2D eigenvalue weighted by molar-refractivity contribution is 6.30. The Bertz CT molecular complexity index is 1240. The predicted octanol–water partition coefficient (Wildman–Crippen LogP) is 4.63. The number of piperidine rings is 1. The highest BCUT2D eigenvalue weighted by atomic mass is 35.5. The van der Waals surface area contributed by atoms with Crippen LogP contribution in [-0.4, -0.2) is 77.0 Å². The molecule has 3 saturated heterocycles. The third-order valence-corrected chi connectivity index (χ3v) is 11.1. The summed E-state index contributed by atoms with van der Waals surface area (Å²) in [7, 11) is 0. The Morgan fingerprint density at radius 2 is 1.93 bits per heavy atom. The van der Waals surface area contributed by atoms with Crippen molar-refractivity contribution in [2.24, 2.45) is 23.7 Å². The zero-order valence-corrected chi connectivity index (χ0v) is 25.8. The Labute approximate surface area is 254 Å². The van der Waals surface area contributed by atoms with Gasteiger partial charge in [-0.3, -0.25) is 19.3 Å². The molecule has 3 amide bonds. The van der Waals surface area contributed by atoms with Gasteiger partial charge in [0, 0.05) is 35.9 Å². The fraction of sp³-hybridized carbons (Fsp3) is 0.667. The number of likely N-dealkylation sites (tertiary alicyclic amines) is 2. The van der Waals surface area contributed by atoms with Crippen LogP contribution < -0.4 is 10.6 Å². The van der Waals surface area contributed by atoms with Crippen LogP contribution >= 0.6 is 11.6 Å². The van der Waals surface area contributed by atoms with Gasteiger partial charge in [0.2, 0.25) is 17.7 Å². The Balaban J connectivity index is 1.28. The van der Waals surface area contributed by atoms with E-state index in [4.69, 9.17) is 16.3 Å². The van der Waals surface area contributed by atoms with Crippen LogP contribution in [0.1, 0.15) is 65.7 Å². The standard InChI is InChI=1S/C33H45ClN4O4/c1-4-24-12-5-6-16-37(24)17-18-38-29(31(40)36-25-13-7-9-20(2)21(25)3)33-15-14-26(42-33)27(28(33)32(38)41)30(39)35-23-11-8-10-22(34)19-23/h8,10-11,14-15,19-21,24-29H,4-7,9,12-13,16-18H2,1-3H3,(H,35,39)(H,36,40)/t20?,21?,24?,25?,26-,27?,28-,29?,33?/m0/s1. The molecule has 1 aromatic rings. The minimum absolute atomic E-state index is 0.0599. The first kappa shape index (κ1) is 29.6. The number of halogens is 1. The van der Waals surface area contributed by atoms with Crippen molar-refractivity contribution in [1.82, 2.24) is 15.1 Å². The van der Waals surface area contributed by atoms with Crippen LogP contribution in [0.25, 0.3) is 0 Å². The highest BCUT2D eigenvalue weighted by Crippen LogP contribution is 2.55. The van der Waals surface area contributed by atoms with Crippen molar-refractivity contribution < 1.29 is 19.1 Å². The molecule has 2 bridgehead atoms. The van der Waals surface area contributed by atoms with Gasteiger partial charge in [-0.15, -0.1) is 0 Å². The van der Waals surface area contributed by atoms with E-state index in [9.17, 15) is 14.4 Å². The van der Waals surface area contributed by atoms with Crippen LogP contribution in [0.3, 0.4) is 0 Å². The van der Waals surface area contributed by atoms with Crippen LogP contribution in [-0.2, 0) is 19.1 Å². The maximum Gasteiger partial charge on any atom is 0.246 e. The van der Waals surface area contributed by atoms with Gasteiger partial charge in [0.05, 0.1) is 17.9 Å². The summed E-state index contributed by atoms with van der Waals surface area (Å²) >= 11 is 6.16. The molecule has 7 unspecified atom stereocenters. The minimum atomic E-state index is -1.16. The van der Waals surface area contributed by atoms with Gasteiger partial charge in [-0.25, -0.2) is 0 Å². The van der Waals surface area contributed by atoms with E-state index in [2.05, 4.69) is 36.3 Å². The van der Waals surface area contributed by atoms with Gasteiger partial charge in [-0.05, 0) is 62.3 Å². The molecule has 4 heterocycles. The van der Waals surface area contributed by atoms with E-state index in [1.54, 1.807) is 29.2 Å². The van der Waals surface area contributed by atoms with Crippen LogP contribution in [0, 0.1) is 23.7 Å². The third-order valence-electron chi connectivity index (χ3n) is 10.9. The Hall–Kier alpha value is -2.42. The fourth-order valence-electron chi connectivity index (χ4n) is 8.40. The molecular weight excluding hydrogens is 552 g/mol. The first-order valence-electron chi connectivity index (χ1n) is 16.0. The first-order chi connectivity index (χ1) is 20.2. The van der Waals surface area contributed by atoms with E-state index in [1.807, 2.05) is 12.2 Å². The smallest absolute Gasteiger partial charge is 0.246 e. The van der Waals surface area contributed by atoms with Gasteiger partial charge < -0.3 is 20.3 Å². The van der Waals surface area contributed by atoms with Crippen molar-refractivity contribution in [2.45, 2.75) is 95.5 Å². The van der Waals surface area contributed by atoms with Crippen molar-refractivity contribution in [1.29, 1.82) is 0 Å². The highest BCUT2D eigenvalue weighted by Gasteiger charge is 2.72. The molecule has 1 spiro atoms. The molecule has 228 valence electrons. The largest absolute Gasteiger partial charge is 0.359 e. The average Bonchev–Trinajstić information content (AvgIpc) is 3.61. The molecule has 4 fully saturated rings. The van der Waals surface area contributed by atoms with Gasteiger partial charge >= 0.3 is 0 Å². The summed E-state index contributed by atoms with van der Waals surface area (Å²) in [6.45, 7) is 8.83. The number of hydrogen-bond donors (Lipinski definition) is 2. The quantitative estimate of drug-likeness (QED) is 0.427. The molecule has 9 atom stereocenters. The molecule has 1 aromatic carbocycles. The molecule has 0 aromatic heterocycles. The summed E-state index contributed by atoms with van der Waals surface area (Å²) in [5.41, 5.74) is -0.585. The monoisotopic (exact) mass is 596 g/mol. The van der Waals surface area contributed by atoms with Crippen molar-refractivity contribution in [3.63, 3.8) is 0 Å². The van der Waals surface area contributed by atoms with Gasteiger partial charge in [0.25, 0.3) is 0 Å². The van der Waals surface area contributed by atoms with Crippen molar-refractivity contribution in [3.05, 3.63) is 41.4 Å². The van der Waals surface area contributed by atoms with Crippen molar-refractivity contribution in [3.8, 4) is 0 Å². The molecule has 2 N–H and O–H groups in total. The second-order valence-corrected chi connectivity index (χ2v) is 13.6. The van der Waals surface area contributed by atoms with E-state index in [0.717, 1.165) is 38.6 Å². The maximum atomic E-state index is 14.4. The van der Waals surface area contributed by atoms with E-state index in [-0.39, 0.29) is 23.8 Å². The summed E-state index contributed by atoms with van der Waals surface area (Å²) in [4.78, 5) is 46.6. The second kappa shape index (κ2) is 11.9. The molecule has 42 heavy (non-hydrogen) atoms. The average molecular weight is 597 g/mol. The number of nitrogens with zero attached hydrogens (tertiary/aromatic N) is 2. The zero-order valence-electron chi connectivity index (χ0n) is 25.1. The summed E-state index contributed by atoms with van der Waals surface area (Å²) in [6, 6.07) is 6.73. The summed E-state index contributed by atoms with van der Waals surface area (Å²) in [6.07, 6.45) is 11.0. The molecule has 0 radical (unpaired) electrons. The third kappa shape index (κ3) is 5.17. The van der Waals surface area contributed by atoms with Gasteiger partial charge in [-0.1, -0.05) is 69.9 Å². The number of amides is 3. The number of rotatable bonds is 8. The lowest BCUT2D eigenvalue weighted by Crippen LogP contribution is -2.58. The van der Waals surface area contributed by atoms with Crippen molar-refractivity contribution >= 4 is 35.0 Å². The lowest BCUT2D eigenvalue weighted by molar-refractivity contribution is -0.142. The number of benzene rings is 1. The molecule has 6 rings (SSSR count). The van der Waals surface area contributed by atoms with E-state index >= 15 is 0 Å². The van der Waals surface area contributed by atoms with Crippen LogP contribution in [0.5, 0.6) is 0 Å². The topological polar surface area (TPSA) is 91.0 Å². The lowest BCUT2D eigenvalue weighted by Gasteiger charge is -2.39. The van der Waals surface area contributed by atoms with E-state index in [0.29, 0.717) is 41.7 Å². The lowest BCUT2D eigenvalue weighted by atomic mass is 9.73. The Morgan fingerprint density at radius 1 is 1.10 bits per heavy atom. The first-order valence-corrected chi connectivity index (χ1v) is 16.4. The molecule has 1 saturated carbocycles. The second-order valence-electron chi connectivity index (χ2n) is 13.2. The number of hydrogen-bond acceptors (Lipinski definition) is 5. The van der Waals surface area contributed by atoms with E-state index in [1.165, 1.54) is 12.8 Å². The maximum absolute atomic E-state index is 14.4. The van der Waals surface area contributed by atoms with Crippen LogP contribution in [0.2, 0.25) is 5.02 Å². The number of carbonyl (C=O) groups is 3. The zero-order chi connectivity index (χ0) is 29.6. The predicted molar refractivity (Wildman–Crippen MR) is 163 cm³/mol. The summed E-state index contributed by atoms with van der Waals surface area (Å²) in [5.74, 6) is -1.22. The van der Waals surface area contributed by atoms with Gasteiger partial charge in [0.15, 0.2) is 0 Å². The summed E-state index contributed by atoms with van der Waals surface area (Å²) < 4.78 is 6.55. The number of ether oxygens (including phenoxy) is 1. The SMILES string of the molecule is CCC1CCCCN1CCN1C(=O)[C@@H]2C(C(=O)Nc3cccc(Cl)c3)[C@@H]3C=CC2(O3)C1C(=O)NC1CCCC(C)C1C. The Morgan fingerprint density at radius 3 is 2.71 bits per heavy atom.